The second-order valence-corrected chi connectivity index (χ2v) is 10.6. The standard InChI is InChI=1S/C36H38FNO4/c37-32-19-17-31(18-20-32)34(39)23-16-29-12-10-28(11-13-29)9-7-5-3-1-2-4-6-8-26-42-27-30-14-21-33(22-15-30)38-35(40)24-25-36(38)41/h10-25H,1-9,26-27H2. The first-order valence-corrected chi connectivity index (χ1v) is 14.8. The molecule has 42 heavy (non-hydrogen) atoms. The summed E-state index contributed by atoms with van der Waals surface area (Å²) in [6.45, 7) is 1.25. The lowest BCUT2D eigenvalue weighted by Crippen LogP contribution is -2.29. The fraction of sp³-hybridized carbons (Fsp3) is 0.306. The van der Waals surface area contributed by atoms with Gasteiger partial charge in [-0.3, -0.25) is 14.4 Å². The summed E-state index contributed by atoms with van der Waals surface area (Å²) in [5.41, 5.74) is 4.36. The van der Waals surface area contributed by atoms with Crippen molar-refractivity contribution in [3.05, 3.63) is 119 Å². The Hall–Kier alpha value is -4.16. The molecular formula is C36H38FNO4. The van der Waals surface area contributed by atoms with Crippen molar-refractivity contribution in [2.75, 3.05) is 11.5 Å². The van der Waals surface area contributed by atoms with Crippen molar-refractivity contribution in [2.45, 2.75) is 64.4 Å². The van der Waals surface area contributed by atoms with E-state index in [4.69, 9.17) is 4.74 Å². The minimum absolute atomic E-state index is 0.137. The maximum atomic E-state index is 13.0. The summed E-state index contributed by atoms with van der Waals surface area (Å²) in [7, 11) is 0. The second-order valence-electron chi connectivity index (χ2n) is 10.6. The average molecular weight is 568 g/mol. The first-order chi connectivity index (χ1) is 20.5. The SMILES string of the molecule is O=C(C=Cc1ccc(CCCCCCCCCCOCc2ccc(N3C(=O)C=CC3=O)cc2)cc1)c1ccc(F)cc1. The Morgan fingerprint density at radius 3 is 1.90 bits per heavy atom. The monoisotopic (exact) mass is 567 g/mol. The molecule has 0 bridgehead atoms. The number of rotatable bonds is 17. The largest absolute Gasteiger partial charge is 0.377 e. The van der Waals surface area contributed by atoms with Crippen LogP contribution in [0.4, 0.5) is 10.1 Å². The summed E-state index contributed by atoms with van der Waals surface area (Å²) in [5, 5.41) is 0. The van der Waals surface area contributed by atoms with Gasteiger partial charge in [0.15, 0.2) is 5.78 Å². The Morgan fingerprint density at radius 2 is 1.26 bits per heavy atom. The van der Waals surface area contributed by atoms with Crippen LogP contribution in [0.2, 0.25) is 0 Å². The third kappa shape index (κ3) is 9.74. The summed E-state index contributed by atoms with van der Waals surface area (Å²) in [4.78, 5) is 36.9. The van der Waals surface area contributed by atoms with Crippen LogP contribution in [-0.4, -0.2) is 24.2 Å². The maximum absolute atomic E-state index is 13.0. The molecule has 0 atom stereocenters. The molecule has 3 aromatic carbocycles. The third-order valence-electron chi connectivity index (χ3n) is 7.31. The van der Waals surface area contributed by atoms with Gasteiger partial charge in [0.2, 0.25) is 0 Å². The summed E-state index contributed by atoms with van der Waals surface area (Å²) in [6.07, 6.45) is 16.6. The number of halogens is 1. The van der Waals surface area contributed by atoms with Crippen LogP contribution >= 0.6 is 0 Å². The van der Waals surface area contributed by atoms with Gasteiger partial charge in [-0.15, -0.1) is 0 Å². The van der Waals surface area contributed by atoms with Crippen LogP contribution in [0.1, 0.15) is 78.4 Å². The van der Waals surface area contributed by atoms with Crippen molar-refractivity contribution in [1.82, 2.24) is 0 Å². The van der Waals surface area contributed by atoms with Gasteiger partial charge in [-0.1, -0.05) is 81.0 Å². The fourth-order valence-corrected chi connectivity index (χ4v) is 4.86. The molecule has 0 unspecified atom stereocenters. The number of unbranched alkanes of at least 4 members (excludes halogenated alkanes) is 7. The number of nitrogens with zero attached hydrogens (tertiary/aromatic N) is 1. The molecule has 3 aromatic rings. The van der Waals surface area contributed by atoms with E-state index in [2.05, 4.69) is 12.1 Å². The third-order valence-corrected chi connectivity index (χ3v) is 7.31. The Kier molecular flexibility index (Phi) is 12.0. The second kappa shape index (κ2) is 16.3. The predicted molar refractivity (Wildman–Crippen MR) is 165 cm³/mol. The van der Waals surface area contributed by atoms with Crippen LogP contribution in [0.3, 0.4) is 0 Å². The molecule has 0 N–H and O–H groups in total. The van der Waals surface area contributed by atoms with Crippen LogP contribution in [0, 0.1) is 5.82 Å². The van der Waals surface area contributed by atoms with Gasteiger partial charge < -0.3 is 4.74 Å². The normalized spacial score (nSPS) is 13.0. The molecule has 4 rings (SSSR count). The van der Waals surface area contributed by atoms with Crippen LogP contribution in [0.5, 0.6) is 0 Å². The van der Waals surface area contributed by atoms with E-state index in [1.807, 2.05) is 24.3 Å². The molecule has 0 saturated heterocycles. The van der Waals surface area contributed by atoms with E-state index in [1.54, 1.807) is 18.2 Å². The number of carbonyl (C=O) groups is 3. The molecule has 0 radical (unpaired) electrons. The number of hydrogen-bond acceptors (Lipinski definition) is 4. The molecule has 2 amide bonds. The van der Waals surface area contributed by atoms with Gasteiger partial charge in [-0.05, 0) is 78.4 Å². The van der Waals surface area contributed by atoms with Crippen molar-refractivity contribution in [3.8, 4) is 0 Å². The highest BCUT2D eigenvalue weighted by Crippen LogP contribution is 2.20. The van der Waals surface area contributed by atoms with Crippen molar-refractivity contribution in [1.29, 1.82) is 0 Å². The Labute approximate surface area is 247 Å². The Balaban J connectivity index is 0.982. The van der Waals surface area contributed by atoms with Crippen molar-refractivity contribution in [3.63, 3.8) is 0 Å². The number of hydrogen-bond donors (Lipinski definition) is 0. The van der Waals surface area contributed by atoms with E-state index < -0.39 is 0 Å². The number of imide groups is 1. The van der Waals surface area contributed by atoms with Gasteiger partial charge in [-0.2, -0.15) is 0 Å². The minimum atomic E-state index is -0.348. The van der Waals surface area contributed by atoms with E-state index in [0.29, 0.717) is 17.9 Å². The summed E-state index contributed by atoms with van der Waals surface area (Å²) < 4.78 is 18.8. The van der Waals surface area contributed by atoms with Crippen LogP contribution < -0.4 is 4.90 Å². The summed E-state index contributed by atoms with van der Waals surface area (Å²) in [6, 6.07) is 21.2. The van der Waals surface area contributed by atoms with Crippen molar-refractivity contribution >= 4 is 29.4 Å². The van der Waals surface area contributed by atoms with Crippen LogP contribution in [0.25, 0.3) is 6.08 Å². The molecule has 1 aliphatic rings. The van der Waals surface area contributed by atoms with Gasteiger partial charge in [0.1, 0.15) is 5.82 Å². The number of ketones is 1. The zero-order valence-corrected chi connectivity index (χ0v) is 24.0. The molecule has 1 heterocycles. The average Bonchev–Trinajstić information content (AvgIpc) is 3.35. The van der Waals surface area contributed by atoms with Crippen LogP contribution in [-0.2, 0) is 27.4 Å². The van der Waals surface area contributed by atoms with E-state index in [0.717, 1.165) is 35.5 Å². The molecule has 5 nitrogen and oxygen atoms in total. The molecule has 1 aliphatic heterocycles. The lowest BCUT2D eigenvalue weighted by atomic mass is 10.0. The lowest BCUT2D eigenvalue weighted by molar-refractivity contribution is -0.119. The van der Waals surface area contributed by atoms with Crippen molar-refractivity contribution in [2.24, 2.45) is 0 Å². The first kappa shape index (κ1) is 30.8. The number of ether oxygens (including phenoxy) is 1. The molecule has 6 heteroatoms. The van der Waals surface area contributed by atoms with E-state index in [-0.39, 0.29) is 23.4 Å². The summed E-state index contributed by atoms with van der Waals surface area (Å²) >= 11 is 0. The number of aryl methyl sites for hydroxylation is 1. The number of carbonyl (C=O) groups excluding carboxylic acids is 3. The van der Waals surface area contributed by atoms with E-state index in [9.17, 15) is 18.8 Å². The topological polar surface area (TPSA) is 63.7 Å². The smallest absolute Gasteiger partial charge is 0.258 e. The number of benzene rings is 3. The van der Waals surface area contributed by atoms with E-state index >= 15 is 0 Å². The molecule has 0 saturated carbocycles. The highest BCUT2D eigenvalue weighted by Gasteiger charge is 2.24. The van der Waals surface area contributed by atoms with Gasteiger partial charge in [0, 0.05) is 24.3 Å². The maximum Gasteiger partial charge on any atom is 0.258 e. The summed E-state index contributed by atoms with van der Waals surface area (Å²) in [5.74, 6) is -1.10. The predicted octanol–water partition coefficient (Wildman–Crippen LogP) is 8.03. The van der Waals surface area contributed by atoms with Crippen molar-refractivity contribution < 1.29 is 23.5 Å². The first-order valence-electron chi connectivity index (χ1n) is 14.8. The highest BCUT2D eigenvalue weighted by molar-refractivity contribution is 6.28. The molecule has 0 fully saturated rings. The molecule has 0 spiro atoms. The zero-order valence-electron chi connectivity index (χ0n) is 24.0. The molecular weight excluding hydrogens is 529 g/mol. The molecule has 218 valence electrons. The van der Waals surface area contributed by atoms with Gasteiger partial charge in [0.25, 0.3) is 11.8 Å². The van der Waals surface area contributed by atoms with Gasteiger partial charge in [0.05, 0.1) is 12.3 Å². The Morgan fingerprint density at radius 1 is 0.690 bits per heavy atom. The van der Waals surface area contributed by atoms with Crippen LogP contribution in [0.15, 0.2) is 91.0 Å². The lowest BCUT2D eigenvalue weighted by Gasteiger charge is -2.14. The van der Waals surface area contributed by atoms with E-state index in [1.165, 1.54) is 93.0 Å². The molecule has 0 aromatic heterocycles. The number of amides is 2. The fourth-order valence-electron chi connectivity index (χ4n) is 4.86. The number of anilines is 1. The van der Waals surface area contributed by atoms with Gasteiger partial charge in [-0.25, -0.2) is 9.29 Å². The quantitative estimate of drug-likeness (QED) is 0.0717. The van der Waals surface area contributed by atoms with Gasteiger partial charge >= 0.3 is 0 Å². The highest BCUT2D eigenvalue weighted by atomic mass is 19.1. The Bertz CT molecular complexity index is 1360. The zero-order chi connectivity index (χ0) is 29.6. The minimum Gasteiger partial charge on any atom is -0.377 e. The number of allylic oxidation sites excluding steroid dienone is 1. The molecule has 0 aliphatic carbocycles.